The first-order chi connectivity index (χ1) is 10.5. The lowest BCUT2D eigenvalue weighted by Crippen LogP contribution is -2.44. The van der Waals surface area contributed by atoms with E-state index in [1.807, 2.05) is 0 Å². The van der Waals surface area contributed by atoms with E-state index in [4.69, 9.17) is 0 Å². The monoisotopic (exact) mass is 305 g/mol. The van der Waals surface area contributed by atoms with Gasteiger partial charge in [-0.2, -0.15) is 0 Å². The topological polar surface area (TPSA) is 90.2 Å². The Bertz CT molecular complexity index is 880. The molecule has 2 amide bonds. The maximum atomic E-state index is 14.3. The van der Waals surface area contributed by atoms with Gasteiger partial charge in [-0.1, -0.05) is 0 Å². The molecule has 22 heavy (non-hydrogen) atoms. The molecule has 3 rings (SSSR count). The third-order valence-corrected chi connectivity index (χ3v) is 3.86. The van der Waals surface area contributed by atoms with Crippen LogP contribution >= 0.6 is 0 Å². The Balaban J connectivity index is 2.27. The van der Waals surface area contributed by atoms with Gasteiger partial charge in [0.1, 0.15) is 11.6 Å². The summed E-state index contributed by atoms with van der Waals surface area (Å²) in [6.07, 6.45) is 0.636. The van der Waals surface area contributed by atoms with Gasteiger partial charge in [-0.15, -0.1) is 0 Å². The van der Waals surface area contributed by atoms with E-state index in [2.05, 4.69) is 5.32 Å². The number of rotatable bonds is 2. The van der Waals surface area contributed by atoms with Crippen LogP contribution in [0.5, 0.6) is 0 Å². The lowest BCUT2D eigenvalue weighted by molar-refractivity contribution is -0.135. The van der Waals surface area contributed by atoms with Gasteiger partial charge < -0.3 is 0 Å². The number of piperidine rings is 1. The van der Waals surface area contributed by atoms with Crippen LogP contribution in [0.4, 0.5) is 4.39 Å². The third-order valence-electron chi connectivity index (χ3n) is 3.86. The molecule has 2 heterocycles. The van der Waals surface area contributed by atoms with Crippen molar-refractivity contribution in [3.05, 3.63) is 34.0 Å². The Labute approximate surface area is 123 Å². The Hall–Kier alpha value is -2.77. The van der Waals surface area contributed by atoms with E-state index in [-0.39, 0.29) is 29.4 Å². The van der Waals surface area contributed by atoms with Crippen LogP contribution in [0, 0.1) is 5.82 Å². The summed E-state index contributed by atoms with van der Waals surface area (Å²) in [5.41, 5.74) is -0.570. The van der Waals surface area contributed by atoms with Crippen molar-refractivity contribution in [2.45, 2.75) is 18.9 Å². The van der Waals surface area contributed by atoms with Crippen molar-refractivity contribution in [3.8, 4) is 0 Å². The number of hydrogen-bond acceptors (Lipinski definition) is 4. The molecular weight excluding hydrogens is 293 g/mol. The summed E-state index contributed by atoms with van der Waals surface area (Å²) in [5, 5.41) is 2.17. The van der Waals surface area contributed by atoms with Gasteiger partial charge in [0.05, 0.1) is 11.1 Å². The Morgan fingerprint density at radius 1 is 1.32 bits per heavy atom. The molecule has 7 nitrogen and oxygen atoms in total. The second-order valence-electron chi connectivity index (χ2n) is 5.13. The number of aryl methyl sites for hydroxylation is 1. The largest absolute Gasteiger partial charge is 0.329 e. The van der Waals surface area contributed by atoms with Gasteiger partial charge in [0.2, 0.25) is 11.8 Å². The summed E-state index contributed by atoms with van der Waals surface area (Å²) in [5.74, 6) is -1.80. The highest BCUT2D eigenvalue weighted by Crippen LogP contribution is 2.25. The van der Waals surface area contributed by atoms with Crippen molar-refractivity contribution in [1.82, 2.24) is 14.5 Å². The second-order valence-corrected chi connectivity index (χ2v) is 5.13. The normalized spacial score (nSPS) is 18.5. The molecule has 2 aromatic rings. The number of imidazole rings is 1. The van der Waals surface area contributed by atoms with Crippen LogP contribution in [0.2, 0.25) is 0 Å². The van der Waals surface area contributed by atoms with Gasteiger partial charge in [0, 0.05) is 13.5 Å². The van der Waals surface area contributed by atoms with Gasteiger partial charge in [0.25, 0.3) is 0 Å². The van der Waals surface area contributed by atoms with Gasteiger partial charge in [0.15, 0.2) is 12.1 Å². The smallest absolute Gasteiger partial charge is 0.298 e. The van der Waals surface area contributed by atoms with Gasteiger partial charge in [-0.3, -0.25) is 28.8 Å². The van der Waals surface area contributed by atoms with E-state index < -0.39 is 29.4 Å². The van der Waals surface area contributed by atoms with E-state index in [1.54, 1.807) is 0 Å². The number of amides is 2. The summed E-state index contributed by atoms with van der Waals surface area (Å²) in [4.78, 5) is 46.4. The van der Waals surface area contributed by atoms with E-state index in [0.29, 0.717) is 6.29 Å². The summed E-state index contributed by atoms with van der Waals surface area (Å²) in [6, 6.07) is 1.80. The molecule has 0 spiro atoms. The fraction of sp³-hybridized carbons (Fsp3) is 0.286. The molecule has 1 aliphatic heterocycles. The van der Waals surface area contributed by atoms with Crippen LogP contribution in [0.3, 0.4) is 0 Å². The van der Waals surface area contributed by atoms with Crippen LogP contribution in [0.1, 0.15) is 29.2 Å². The quantitative estimate of drug-likeness (QED) is 0.637. The highest BCUT2D eigenvalue weighted by Gasteiger charge is 2.31. The van der Waals surface area contributed by atoms with Gasteiger partial charge >= 0.3 is 5.69 Å². The summed E-state index contributed by atoms with van der Waals surface area (Å²) >= 11 is 0. The Morgan fingerprint density at radius 2 is 2.05 bits per heavy atom. The minimum Gasteiger partial charge on any atom is -0.298 e. The number of imide groups is 1. The summed E-state index contributed by atoms with van der Waals surface area (Å²) in [7, 11) is 1.37. The van der Waals surface area contributed by atoms with Crippen molar-refractivity contribution < 1.29 is 18.8 Å². The second kappa shape index (κ2) is 4.90. The highest BCUT2D eigenvalue weighted by molar-refractivity contribution is 6.00. The number of aromatic nitrogens is 2. The number of benzene rings is 1. The van der Waals surface area contributed by atoms with Gasteiger partial charge in [-0.05, 0) is 18.6 Å². The molecule has 0 radical (unpaired) electrons. The average Bonchev–Trinajstić information content (AvgIpc) is 2.73. The van der Waals surface area contributed by atoms with Crippen LogP contribution in [0.15, 0.2) is 16.9 Å². The van der Waals surface area contributed by atoms with Crippen molar-refractivity contribution in [2.75, 3.05) is 0 Å². The highest BCUT2D eigenvalue weighted by atomic mass is 19.1. The molecular formula is C14H12FN3O4. The molecule has 1 unspecified atom stereocenters. The number of aldehydes is 1. The van der Waals surface area contributed by atoms with E-state index in [1.165, 1.54) is 19.2 Å². The average molecular weight is 305 g/mol. The lowest BCUT2D eigenvalue weighted by atomic mass is 10.1. The van der Waals surface area contributed by atoms with E-state index in [0.717, 1.165) is 9.13 Å². The molecule has 1 N–H and O–H groups in total. The molecule has 1 atom stereocenters. The molecule has 1 fully saturated rings. The molecule has 1 aromatic heterocycles. The molecule has 8 heteroatoms. The first-order valence-electron chi connectivity index (χ1n) is 6.64. The fourth-order valence-electron chi connectivity index (χ4n) is 2.76. The molecule has 0 bridgehead atoms. The molecule has 1 saturated heterocycles. The van der Waals surface area contributed by atoms with Crippen molar-refractivity contribution in [3.63, 3.8) is 0 Å². The van der Waals surface area contributed by atoms with Crippen molar-refractivity contribution in [1.29, 1.82) is 0 Å². The fourth-order valence-corrected chi connectivity index (χ4v) is 2.76. The SMILES string of the molecule is Cn1c(=O)n(C2CCC(=O)NC2=O)c2ccc(C=O)c(F)c21. The first-order valence-corrected chi connectivity index (χ1v) is 6.64. The number of carbonyl (C=O) groups is 3. The molecule has 1 aromatic carbocycles. The maximum Gasteiger partial charge on any atom is 0.329 e. The first kappa shape index (κ1) is 14.2. The molecule has 0 saturated carbocycles. The number of nitrogens with zero attached hydrogens (tertiary/aromatic N) is 2. The van der Waals surface area contributed by atoms with Crippen molar-refractivity contribution in [2.24, 2.45) is 7.05 Å². The van der Waals surface area contributed by atoms with Crippen LogP contribution in [-0.4, -0.2) is 27.2 Å². The number of carbonyl (C=O) groups excluding carboxylic acids is 3. The van der Waals surface area contributed by atoms with Crippen molar-refractivity contribution >= 4 is 29.1 Å². The van der Waals surface area contributed by atoms with E-state index >= 15 is 0 Å². The van der Waals surface area contributed by atoms with Crippen LogP contribution < -0.4 is 11.0 Å². The number of nitrogens with one attached hydrogen (secondary N) is 1. The number of fused-ring (bicyclic) bond motifs is 1. The van der Waals surface area contributed by atoms with Crippen LogP contribution in [0.25, 0.3) is 11.0 Å². The predicted molar refractivity (Wildman–Crippen MR) is 73.9 cm³/mol. The minimum absolute atomic E-state index is 0.0423. The maximum absolute atomic E-state index is 14.3. The minimum atomic E-state index is -0.879. The standard InChI is InChI=1S/C14H12FN3O4/c1-17-12-8(3-2-7(6-19)11(12)15)18(14(17)22)9-4-5-10(20)16-13(9)21/h2-3,6,9H,4-5H2,1H3,(H,16,20,21). The molecule has 114 valence electrons. The third kappa shape index (κ3) is 1.87. The van der Waals surface area contributed by atoms with E-state index in [9.17, 15) is 23.6 Å². The predicted octanol–water partition coefficient (Wildman–Crippen LogP) is 0.269. The number of halogens is 1. The lowest BCUT2D eigenvalue weighted by Gasteiger charge is -2.21. The Kier molecular flexibility index (Phi) is 3.16. The van der Waals surface area contributed by atoms with Gasteiger partial charge in [-0.25, -0.2) is 9.18 Å². The van der Waals surface area contributed by atoms with Crippen LogP contribution in [-0.2, 0) is 16.6 Å². The summed E-state index contributed by atoms with van der Waals surface area (Å²) in [6.45, 7) is 0. The molecule has 1 aliphatic rings. The molecule has 0 aliphatic carbocycles. The zero-order valence-corrected chi connectivity index (χ0v) is 11.6. The Morgan fingerprint density at radius 3 is 2.68 bits per heavy atom. The number of hydrogen-bond donors (Lipinski definition) is 1. The summed E-state index contributed by atoms with van der Waals surface area (Å²) < 4.78 is 16.5. The zero-order valence-electron chi connectivity index (χ0n) is 11.6. The zero-order chi connectivity index (χ0) is 16.0.